The van der Waals surface area contributed by atoms with Crippen LogP contribution >= 0.6 is 0 Å². The summed E-state index contributed by atoms with van der Waals surface area (Å²) in [6, 6.07) is 0. The quantitative estimate of drug-likeness (QED) is 0.0697. The highest BCUT2D eigenvalue weighted by Gasteiger charge is 2.33. The molecule has 0 radical (unpaired) electrons. The number of hydrogen-bond donors (Lipinski definition) is 0. The fourth-order valence-corrected chi connectivity index (χ4v) is 5.29. The van der Waals surface area contributed by atoms with Crippen LogP contribution in [0.4, 0.5) is 0 Å². The minimum Gasteiger partial charge on any atom is -0.230 e. The topological polar surface area (TPSA) is 34.1 Å². The number of imide groups is 1. The number of quaternary nitrogens is 1. The molecule has 0 atom stereocenters. The predicted octanol–water partition coefficient (Wildman–Crippen LogP) is 12.5. The van der Waals surface area contributed by atoms with Crippen LogP contribution in [0, 0.1) is 0 Å². The summed E-state index contributed by atoms with van der Waals surface area (Å²) in [7, 11) is 3.60. The Labute approximate surface area is 253 Å². The van der Waals surface area contributed by atoms with Crippen molar-refractivity contribution in [3.63, 3.8) is 0 Å². The first-order chi connectivity index (χ1) is 19.4. The van der Waals surface area contributed by atoms with E-state index < -0.39 is 0 Å². The minimum atomic E-state index is -0.0590. The Balaban J connectivity index is 0. The molecule has 0 saturated heterocycles. The Morgan fingerprint density at radius 1 is 0.350 bits per heavy atom. The molecule has 0 aromatic rings. The van der Waals surface area contributed by atoms with Crippen molar-refractivity contribution in [1.82, 2.24) is 0 Å². The Morgan fingerprint density at radius 2 is 0.525 bits per heavy atom. The third-order valence-corrected chi connectivity index (χ3v) is 8.24. The molecular formula is C37H76NO2+. The van der Waals surface area contributed by atoms with Gasteiger partial charge in [-0.1, -0.05) is 188 Å². The van der Waals surface area contributed by atoms with Gasteiger partial charge in [0.25, 0.3) is 0 Å². The van der Waals surface area contributed by atoms with E-state index in [0.717, 1.165) is 25.7 Å². The van der Waals surface area contributed by atoms with Gasteiger partial charge in [0.15, 0.2) is 0 Å². The third-order valence-electron chi connectivity index (χ3n) is 8.24. The molecule has 0 unspecified atom stereocenters. The molecule has 40 heavy (non-hydrogen) atoms. The average molecular weight is 567 g/mol. The maximum atomic E-state index is 12.7. The Hall–Kier alpha value is -0.700. The highest BCUT2D eigenvalue weighted by Crippen LogP contribution is 2.17. The predicted molar refractivity (Wildman–Crippen MR) is 179 cm³/mol. The highest BCUT2D eigenvalue weighted by molar-refractivity contribution is 5.84. The van der Waals surface area contributed by atoms with Crippen LogP contribution in [0.2, 0.25) is 0 Å². The second-order valence-corrected chi connectivity index (χ2v) is 12.9. The number of rotatable bonds is 28. The molecule has 0 saturated carbocycles. The number of amides is 2. The molecule has 0 aromatic heterocycles. The maximum Gasteiger partial charge on any atom is 0.320 e. The first kappa shape index (κ1) is 41.4. The number of hydrogen-bond acceptors (Lipinski definition) is 2. The van der Waals surface area contributed by atoms with Crippen LogP contribution in [-0.2, 0) is 9.59 Å². The zero-order chi connectivity index (χ0) is 30.2. The summed E-state index contributed by atoms with van der Waals surface area (Å²) >= 11 is 0. The molecule has 0 rings (SSSR count). The third kappa shape index (κ3) is 28.8. The standard InChI is InChI=1S/C34H68NO2.C3H8/c1-5-7-9-11-13-15-17-19-21-23-25-27-29-31-33(36)35(3,4)34(37)32-30-28-26-24-22-20-18-16-14-12-10-8-6-2;1-3-2/h5-32H2,1-4H3;3H2,1-2H3/q+1;. The molecule has 0 heterocycles. The first-order valence-corrected chi connectivity index (χ1v) is 18.3. The van der Waals surface area contributed by atoms with E-state index in [1.807, 2.05) is 0 Å². The zero-order valence-corrected chi connectivity index (χ0v) is 28.8. The van der Waals surface area contributed by atoms with Gasteiger partial charge in [-0.3, -0.25) is 0 Å². The van der Waals surface area contributed by atoms with Crippen LogP contribution in [0.25, 0.3) is 0 Å². The summed E-state index contributed by atoms with van der Waals surface area (Å²) < 4.78 is -0.0590. The molecule has 3 nitrogen and oxygen atoms in total. The molecule has 0 aliphatic rings. The summed E-state index contributed by atoms with van der Waals surface area (Å²) in [6.45, 7) is 8.80. The van der Waals surface area contributed by atoms with E-state index in [-0.39, 0.29) is 16.3 Å². The van der Waals surface area contributed by atoms with Gasteiger partial charge in [0.05, 0.1) is 26.9 Å². The molecular weight excluding hydrogens is 490 g/mol. The van der Waals surface area contributed by atoms with Crippen LogP contribution in [0.3, 0.4) is 0 Å². The fourth-order valence-electron chi connectivity index (χ4n) is 5.29. The van der Waals surface area contributed by atoms with E-state index in [1.165, 1.54) is 148 Å². The summed E-state index contributed by atoms with van der Waals surface area (Å²) in [5.74, 6) is 0.200. The molecule has 0 bridgehead atoms. The molecule has 3 heteroatoms. The molecule has 0 aromatic carbocycles. The number of nitrogens with zero attached hydrogens (tertiary/aromatic N) is 1. The molecule has 0 aliphatic heterocycles. The Morgan fingerprint density at radius 3 is 0.725 bits per heavy atom. The monoisotopic (exact) mass is 567 g/mol. The second kappa shape index (κ2) is 32.8. The van der Waals surface area contributed by atoms with Crippen molar-refractivity contribution < 1.29 is 14.1 Å². The van der Waals surface area contributed by atoms with Crippen LogP contribution in [0.5, 0.6) is 0 Å². The van der Waals surface area contributed by atoms with E-state index in [0.29, 0.717) is 12.8 Å². The lowest BCUT2D eigenvalue weighted by atomic mass is 10.0. The van der Waals surface area contributed by atoms with E-state index in [1.54, 1.807) is 14.1 Å². The van der Waals surface area contributed by atoms with Crippen molar-refractivity contribution in [1.29, 1.82) is 0 Å². The second-order valence-electron chi connectivity index (χ2n) is 12.9. The molecule has 2 amide bonds. The van der Waals surface area contributed by atoms with Gasteiger partial charge in [-0.05, 0) is 12.8 Å². The van der Waals surface area contributed by atoms with Gasteiger partial charge in [-0.2, -0.15) is 0 Å². The fraction of sp³-hybridized carbons (Fsp3) is 0.946. The zero-order valence-electron chi connectivity index (χ0n) is 28.8. The summed E-state index contributed by atoms with van der Waals surface area (Å²) in [4.78, 5) is 25.4. The largest absolute Gasteiger partial charge is 0.320 e. The van der Waals surface area contributed by atoms with Gasteiger partial charge in [0.2, 0.25) is 0 Å². The van der Waals surface area contributed by atoms with Gasteiger partial charge in [-0.25, -0.2) is 14.1 Å². The van der Waals surface area contributed by atoms with E-state index >= 15 is 0 Å². The van der Waals surface area contributed by atoms with Crippen LogP contribution < -0.4 is 0 Å². The van der Waals surface area contributed by atoms with Crippen molar-refractivity contribution in [2.45, 2.75) is 214 Å². The van der Waals surface area contributed by atoms with Gasteiger partial charge in [0, 0.05) is 0 Å². The molecule has 0 fully saturated rings. The van der Waals surface area contributed by atoms with Gasteiger partial charge < -0.3 is 0 Å². The smallest absolute Gasteiger partial charge is 0.230 e. The maximum absolute atomic E-state index is 12.7. The number of unbranched alkanes of at least 4 members (excludes halogenated alkanes) is 24. The lowest BCUT2D eigenvalue weighted by molar-refractivity contribution is -0.736. The van der Waals surface area contributed by atoms with E-state index in [2.05, 4.69) is 27.7 Å². The summed E-state index contributed by atoms with van der Waals surface area (Å²) in [6.07, 6.45) is 36.4. The van der Waals surface area contributed by atoms with Gasteiger partial charge in [0.1, 0.15) is 0 Å². The van der Waals surface area contributed by atoms with Crippen molar-refractivity contribution >= 4 is 11.8 Å². The minimum absolute atomic E-state index is 0.0590. The molecule has 240 valence electrons. The van der Waals surface area contributed by atoms with E-state index in [9.17, 15) is 9.59 Å². The molecule has 0 N–H and O–H groups in total. The van der Waals surface area contributed by atoms with Crippen molar-refractivity contribution in [2.75, 3.05) is 14.1 Å². The van der Waals surface area contributed by atoms with Crippen LogP contribution in [0.1, 0.15) is 214 Å². The Kier molecular flexibility index (Phi) is 34.0. The SMILES string of the molecule is CCC.CCCCCCCCCCCCCCCC(=O)[N+](C)(C)C(=O)CCCCCCCCCCCCCCC. The van der Waals surface area contributed by atoms with Gasteiger partial charge >= 0.3 is 11.8 Å². The van der Waals surface area contributed by atoms with Crippen LogP contribution in [-0.4, -0.2) is 30.4 Å². The first-order valence-electron chi connectivity index (χ1n) is 18.3. The van der Waals surface area contributed by atoms with Crippen LogP contribution in [0.15, 0.2) is 0 Å². The molecule has 0 spiro atoms. The number of carbonyl (C=O) groups is 2. The lowest BCUT2D eigenvalue weighted by Crippen LogP contribution is -2.50. The normalized spacial score (nSPS) is 11.3. The van der Waals surface area contributed by atoms with Gasteiger partial charge in [-0.15, -0.1) is 0 Å². The average Bonchev–Trinajstić information content (AvgIpc) is 2.93. The molecule has 0 aliphatic carbocycles. The Bertz CT molecular complexity index is 484. The number of carbonyl (C=O) groups excluding carboxylic acids is 2. The summed E-state index contributed by atoms with van der Waals surface area (Å²) in [5.41, 5.74) is 0. The van der Waals surface area contributed by atoms with E-state index in [4.69, 9.17) is 0 Å². The van der Waals surface area contributed by atoms with Crippen molar-refractivity contribution in [2.24, 2.45) is 0 Å². The highest BCUT2D eigenvalue weighted by atomic mass is 16.2. The summed E-state index contributed by atoms with van der Waals surface area (Å²) in [5, 5.41) is 0. The van der Waals surface area contributed by atoms with Crippen molar-refractivity contribution in [3.8, 4) is 0 Å². The lowest BCUT2D eigenvalue weighted by Gasteiger charge is -2.24. The van der Waals surface area contributed by atoms with Crippen molar-refractivity contribution in [3.05, 3.63) is 0 Å².